The number of hydrogen-bond acceptors (Lipinski definition) is 4. The summed E-state index contributed by atoms with van der Waals surface area (Å²) in [6.07, 6.45) is 7.84. The summed E-state index contributed by atoms with van der Waals surface area (Å²) in [7, 11) is 0. The van der Waals surface area contributed by atoms with Crippen molar-refractivity contribution in [3.63, 3.8) is 0 Å². The molecule has 124 valence electrons. The molecular weight excluding hydrogens is 282 g/mol. The Labute approximate surface area is 132 Å². The second-order valence-corrected chi connectivity index (χ2v) is 6.66. The van der Waals surface area contributed by atoms with Gasteiger partial charge < -0.3 is 19.9 Å². The SMILES string of the molecule is CCO[C@@H]1OC(C(=O)NC2CC2)=C[C@H](C2CC2)[C@H]1CCCO. The Kier molecular flexibility index (Phi) is 5.03. The Morgan fingerprint density at radius 3 is 2.77 bits per heavy atom. The second-order valence-electron chi connectivity index (χ2n) is 6.66. The molecule has 1 amide bonds. The molecule has 0 spiro atoms. The molecule has 1 heterocycles. The Balaban J connectivity index is 1.74. The lowest BCUT2D eigenvalue weighted by Gasteiger charge is -2.37. The second kappa shape index (κ2) is 7.01. The number of aliphatic hydroxyl groups excluding tert-OH is 1. The van der Waals surface area contributed by atoms with Crippen LogP contribution in [-0.4, -0.2) is 36.6 Å². The highest BCUT2D eigenvalue weighted by Gasteiger charge is 2.44. The summed E-state index contributed by atoms with van der Waals surface area (Å²) >= 11 is 0. The van der Waals surface area contributed by atoms with Gasteiger partial charge in [-0.1, -0.05) is 0 Å². The van der Waals surface area contributed by atoms with Crippen LogP contribution in [0.2, 0.25) is 0 Å². The molecule has 0 saturated heterocycles. The highest BCUT2D eigenvalue weighted by molar-refractivity contribution is 5.92. The number of carbonyl (C=O) groups is 1. The molecule has 2 fully saturated rings. The maximum atomic E-state index is 12.3. The molecule has 5 nitrogen and oxygen atoms in total. The number of amides is 1. The number of ether oxygens (including phenoxy) is 2. The maximum Gasteiger partial charge on any atom is 0.286 e. The van der Waals surface area contributed by atoms with Crippen LogP contribution in [0.5, 0.6) is 0 Å². The van der Waals surface area contributed by atoms with Gasteiger partial charge in [-0.05, 0) is 63.4 Å². The van der Waals surface area contributed by atoms with Crippen molar-refractivity contribution < 1.29 is 19.4 Å². The van der Waals surface area contributed by atoms with E-state index < -0.39 is 0 Å². The zero-order valence-corrected chi connectivity index (χ0v) is 13.3. The van der Waals surface area contributed by atoms with E-state index in [-0.39, 0.29) is 24.7 Å². The van der Waals surface area contributed by atoms with E-state index in [2.05, 4.69) is 5.32 Å². The molecule has 2 aliphatic carbocycles. The van der Waals surface area contributed by atoms with E-state index in [0.29, 0.717) is 30.2 Å². The maximum absolute atomic E-state index is 12.3. The number of rotatable bonds is 8. The number of aliphatic hydroxyl groups is 1. The van der Waals surface area contributed by atoms with Gasteiger partial charge in [0, 0.05) is 25.2 Å². The summed E-state index contributed by atoms with van der Waals surface area (Å²) in [4.78, 5) is 12.3. The predicted molar refractivity (Wildman–Crippen MR) is 81.8 cm³/mol. The number of hydrogen-bond donors (Lipinski definition) is 2. The average Bonchev–Trinajstić information content (AvgIpc) is 3.38. The van der Waals surface area contributed by atoms with Crippen molar-refractivity contribution in [3.8, 4) is 0 Å². The van der Waals surface area contributed by atoms with Crippen molar-refractivity contribution in [1.82, 2.24) is 5.32 Å². The summed E-state index contributed by atoms with van der Waals surface area (Å²) in [5.74, 6) is 1.54. The van der Waals surface area contributed by atoms with Crippen molar-refractivity contribution in [2.24, 2.45) is 17.8 Å². The molecule has 3 atom stereocenters. The van der Waals surface area contributed by atoms with Gasteiger partial charge in [0.05, 0.1) is 0 Å². The highest BCUT2D eigenvalue weighted by Crippen LogP contribution is 2.47. The van der Waals surface area contributed by atoms with Gasteiger partial charge in [-0.2, -0.15) is 0 Å². The fraction of sp³-hybridized carbons (Fsp3) is 0.824. The lowest BCUT2D eigenvalue weighted by atomic mass is 9.82. The molecular formula is C17H27NO4. The number of allylic oxidation sites excluding steroid dienone is 1. The van der Waals surface area contributed by atoms with E-state index in [0.717, 1.165) is 25.7 Å². The van der Waals surface area contributed by atoms with E-state index in [1.807, 2.05) is 13.0 Å². The lowest BCUT2D eigenvalue weighted by molar-refractivity contribution is -0.173. The van der Waals surface area contributed by atoms with Crippen LogP contribution in [0.25, 0.3) is 0 Å². The quantitative estimate of drug-likeness (QED) is 0.719. The van der Waals surface area contributed by atoms with Crippen LogP contribution in [0.4, 0.5) is 0 Å². The van der Waals surface area contributed by atoms with E-state index in [1.54, 1.807) is 0 Å². The first-order valence-corrected chi connectivity index (χ1v) is 8.64. The molecule has 0 unspecified atom stereocenters. The lowest BCUT2D eigenvalue weighted by Crippen LogP contribution is -2.40. The van der Waals surface area contributed by atoms with Gasteiger partial charge in [0.25, 0.3) is 5.91 Å². The molecule has 0 bridgehead atoms. The van der Waals surface area contributed by atoms with Crippen molar-refractivity contribution >= 4 is 5.91 Å². The van der Waals surface area contributed by atoms with Crippen LogP contribution < -0.4 is 5.32 Å². The average molecular weight is 309 g/mol. The topological polar surface area (TPSA) is 67.8 Å². The van der Waals surface area contributed by atoms with Crippen LogP contribution in [-0.2, 0) is 14.3 Å². The van der Waals surface area contributed by atoms with E-state index in [4.69, 9.17) is 14.6 Å². The van der Waals surface area contributed by atoms with Gasteiger partial charge in [-0.25, -0.2) is 0 Å². The monoisotopic (exact) mass is 309 g/mol. The molecule has 0 aromatic heterocycles. The van der Waals surface area contributed by atoms with Crippen molar-refractivity contribution in [1.29, 1.82) is 0 Å². The molecule has 2 saturated carbocycles. The standard InChI is InChI=1S/C17H27NO4/c1-2-21-17-13(4-3-9-19)14(11-5-6-11)10-15(22-17)16(20)18-12-7-8-12/h10-14,17,19H,2-9H2,1H3,(H,18,20)/t13-,14-,17-/m1/s1. The molecule has 2 N–H and O–H groups in total. The largest absolute Gasteiger partial charge is 0.459 e. The highest BCUT2D eigenvalue weighted by atomic mass is 16.7. The normalized spacial score (nSPS) is 31.4. The Morgan fingerprint density at radius 2 is 2.18 bits per heavy atom. The molecule has 5 heteroatoms. The van der Waals surface area contributed by atoms with Crippen molar-refractivity contribution in [2.75, 3.05) is 13.2 Å². The van der Waals surface area contributed by atoms with Gasteiger partial charge in [-0.15, -0.1) is 0 Å². The minimum Gasteiger partial charge on any atom is -0.459 e. The predicted octanol–water partition coefficient (Wildman–Crippen LogP) is 1.96. The first kappa shape index (κ1) is 15.8. The van der Waals surface area contributed by atoms with E-state index in [1.165, 1.54) is 12.8 Å². The first-order valence-electron chi connectivity index (χ1n) is 8.64. The van der Waals surface area contributed by atoms with Crippen molar-refractivity contribution in [3.05, 3.63) is 11.8 Å². The summed E-state index contributed by atoms with van der Waals surface area (Å²) in [6.45, 7) is 2.70. The zero-order valence-electron chi connectivity index (χ0n) is 13.3. The van der Waals surface area contributed by atoms with Crippen LogP contribution >= 0.6 is 0 Å². The van der Waals surface area contributed by atoms with Crippen molar-refractivity contribution in [2.45, 2.75) is 57.8 Å². The van der Waals surface area contributed by atoms with Crippen LogP contribution in [0, 0.1) is 17.8 Å². The third-order valence-corrected chi connectivity index (χ3v) is 4.76. The molecule has 0 radical (unpaired) electrons. The summed E-state index contributed by atoms with van der Waals surface area (Å²) in [5, 5.41) is 12.1. The van der Waals surface area contributed by atoms with Gasteiger partial charge >= 0.3 is 0 Å². The fourth-order valence-corrected chi connectivity index (χ4v) is 3.29. The fourth-order valence-electron chi connectivity index (χ4n) is 3.29. The molecule has 3 aliphatic rings. The van der Waals surface area contributed by atoms with Crippen LogP contribution in [0.3, 0.4) is 0 Å². The van der Waals surface area contributed by atoms with Gasteiger partial charge in [0.1, 0.15) is 0 Å². The number of carbonyl (C=O) groups excluding carboxylic acids is 1. The Bertz CT molecular complexity index is 428. The summed E-state index contributed by atoms with van der Waals surface area (Å²) < 4.78 is 11.7. The third-order valence-electron chi connectivity index (χ3n) is 4.76. The smallest absolute Gasteiger partial charge is 0.286 e. The first-order chi connectivity index (χ1) is 10.7. The van der Waals surface area contributed by atoms with Gasteiger partial charge in [0.2, 0.25) is 6.29 Å². The summed E-state index contributed by atoms with van der Waals surface area (Å²) in [6, 6.07) is 0.328. The molecule has 1 aliphatic heterocycles. The minimum atomic E-state index is -0.368. The third kappa shape index (κ3) is 3.82. The van der Waals surface area contributed by atoms with E-state index in [9.17, 15) is 4.79 Å². The molecule has 3 rings (SSSR count). The van der Waals surface area contributed by atoms with E-state index >= 15 is 0 Å². The van der Waals surface area contributed by atoms with Crippen LogP contribution in [0.1, 0.15) is 45.4 Å². The Morgan fingerprint density at radius 1 is 1.41 bits per heavy atom. The molecule has 0 aromatic carbocycles. The van der Waals surface area contributed by atoms with Crippen LogP contribution in [0.15, 0.2) is 11.8 Å². The zero-order chi connectivity index (χ0) is 15.5. The molecule has 0 aromatic rings. The Hall–Kier alpha value is -1.07. The molecule has 22 heavy (non-hydrogen) atoms. The van der Waals surface area contributed by atoms with Gasteiger partial charge in [0.15, 0.2) is 5.76 Å². The minimum absolute atomic E-state index is 0.0986. The number of nitrogens with one attached hydrogen (secondary N) is 1. The summed E-state index contributed by atoms with van der Waals surface area (Å²) in [5.41, 5.74) is 0. The van der Waals surface area contributed by atoms with Gasteiger partial charge in [-0.3, -0.25) is 4.79 Å².